The number of urea groups is 1. The van der Waals surface area contributed by atoms with Gasteiger partial charge in [-0.05, 0) is 46.1 Å². The van der Waals surface area contributed by atoms with E-state index in [0.29, 0.717) is 25.9 Å². The molecule has 1 aromatic rings. The van der Waals surface area contributed by atoms with Crippen LogP contribution in [0, 0.1) is 28.1 Å². The standard InChI is InChI=1S/C43H62N6O9/c1-41(2,3)32(24-49-33(51)20-43(7,8)21-34(49)52)45-39(56)46-36(42(4,5)6)38(55)48-23-29(58-40(57)47-16-15-26-11-9-10-12-27(26)22-47)19-30(48)31(50)18-28(17-25-13-14-25)35(53)37(44)54/h9-12,25,28-30,32,36H,13-24H2,1-8H3,(H2,44,54)(H2,45,46,56)/t28?,29-,30+,32-,36-/m1/s1. The van der Waals surface area contributed by atoms with Gasteiger partial charge < -0.3 is 30.9 Å². The van der Waals surface area contributed by atoms with Gasteiger partial charge in [-0.3, -0.25) is 33.7 Å². The number of amides is 7. The van der Waals surface area contributed by atoms with E-state index in [1.807, 2.05) is 58.9 Å². The fraction of sp³-hybridized carbons (Fsp3) is 0.674. The monoisotopic (exact) mass is 806 g/mol. The molecule has 5 rings (SSSR count). The van der Waals surface area contributed by atoms with Crippen molar-refractivity contribution in [1.29, 1.82) is 0 Å². The van der Waals surface area contributed by atoms with Crippen molar-refractivity contribution in [1.82, 2.24) is 25.3 Å². The summed E-state index contributed by atoms with van der Waals surface area (Å²) < 4.78 is 5.97. The predicted molar refractivity (Wildman–Crippen MR) is 213 cm³/mol. The molecule has 58 heavy (non-hydrogen) atoms. The Morgan fingerprint density at radius 2 is 1.53 bits per heavy atom. The third kappa shape index (κ3) is 11.0. The van der Waals surface area contributed by atoms with Crippen LogP contribution < -0.4 is 16.4 Å². The molecular formula is C43H62N6O9. The van der Waals surface area contributed by atoms with Crippen molar-refractivity contribution < 1.29 is 43.1 Å². The van der Waals surface area contributed by atoms with Gasteiger partial charge in [0.2, 0.25) is 23.5 Å². The van der Waals surface area contributed by atoms with Crippen LogP contribution in [0.5, 0.6) is 0 Å². The van der Waals surface area contributed by atoms with E-state index in [1.165, 1.54) is 9.80 Å². The first-order valence-corrected chi connectivity index (χ1v) is 20.5. The number of nitrogens with one attached hydrogen (secondary N) is 2. The second-order valence-corrected chi connectivity index (χ2v) is 19.7. The number of hydrogen-bond acceptors (Lipinski definition) is 9. The van der Waals surface area contributed by atoms with Crippen molar-refractivity contribution in [3.05, 3.63) is 35.4 Å². The number of nitrogens with two attached hydrogens (primary N) is 1. The molecule has 1 aliphatic carbocycles. The number of primary amides is 1. The highest BCUT2D eigenvalue weighted by atomic mass is 16.6. The Bertz CT molecular complexity index is 1790. The highest BCUT2D eigenvalue weighted by Gasteiger charge is 2.48. The van der Waals surface area contributed by atoms with E-state index in [2.05, 4.69) is 10.6 Å². The van der Waals surface area contributed by atoms with Crippen LogP contribution in [-0.2, 0) is 46.5 Å². The minimum atomic E-state index is -1.19. The Morgan fingerprint density at radius 1 is 0.914 bits per heavy atom. The summed E-state index contributed by atoms with van der Waals surface area (Å²) in [6.45, 7) is 15.2. The van der Waals surface area contributed by atoms with Crippen LogP contribution in [0.4, 0.5) is 9.59 Å². The van der Waals surface area contributed by atoms with Crippen LogP contribution in [0.25, 0.3) is 0 Å². The minimum absolute atomic E-state index is 0.0362. The molecule has 5 atom stereocenters. The van der Waals surface area contributed by atoms with E-state index in [-0.39, 0.29) is 56.5 Å². The van der Waals surface area contributed by atoms with Crippen LogP contribution in [0.1, 0.15) is 111 Å². The first-order chi connectivity index (χ1) is 26.9. The summed E-state index contributed by atoms with van der Waals surface area (Å²) in [6.07, 6.45) is 1.32. The number of nitrogens with zero attached hydrogens (tertiary/aromatic N) is 3. The number of likely N-dealkylation sites (tertiary alicyclic amines) is 2. The van der Waals surface area contributed by atoms with Crippen LogP contribution >= 0.6 is 0 Å². The van der Waals surface area contributed by atoms with Crippen molar-refractivity contribution in [2.24, 2.45) is 33.8 Å². The number of benzene rings is 1. The number of carbonyl (C=O) groups excluding carboxylic acids is 8. The average molecular weight is 807 g/mol. The summed E-state index contributed by atoms with van der Waals surface area (Å²) in [7, 11) is 0. The van der Waals surface area contributed by atoms with Crippen molar-refractivity contribution >= 4 is 47.3 Å². The third-order valence-electron chi connectivity index (χ3n) is 11.9. The molecule has 15 nitrogen and oxygen atoms in total. The Balaban J connectivity index is 1.35. The fourth-order valence-corrected chi connectivity index (χ4v) is 8.20. The smallest absolute Gasteiger partial charge is 0.410 e. The lowest BCUT2D eigenvalue weighted by Crippen LogP contribution is -2.62. The summed E-state index contributed by atoms with van der Waals surface area (Å²) >= 11 is 0. The van der Waals surface area contributed by atoms with Crippen molar-refractivity contribution in [2.45, 2.75) is 138 Å². The van der Waals surface area contributed by atoms with E-state index in [4.69, 9.17) is 10.5 Å². The van der Waals surface area contributed by atoms with Gasteiger partial charge in [-0.25, -0.2) is 9.59 Å². The van der Waals surface area contributed by atoms with Gasteiger partial charge in [-0.15, -0.1) is 0 Å². The summed E-state index contributed by atoms with van der Waals surface area (Å²) in [5, 5.41) is 5.73. The Hall–Kier alpha value is -4.82. The number of ketones is 2. The van der Waals surface area contributed by atoms with Crippen molar-refractivity contribution in [2.75, 3.05) is 19.6 Å². The van der Waals surface area contributed by atoms with Crippen molar-refractivity contribution in [3.63, 3.8) is 0 Å². The molecule has 0 bridgehead atoms. The Labute approximate surface area is 341 Å². The maximum atomic E-state index is 14.7. The lowest BCUT2D eigenvalue weighted by atomic mass is 9.80. The van der Waals surface area contributed by atoms with Crippen LogP contribution in [0.3, 0.4) is 0 Å². The summed E-state index contributed by atoms with van der Waals surface area (Å²) in [5.74, 6) is -4.39. The molecule has 1 saturated carbocycles. The SMILES string of the molecule is CC1(C)CC(=O)N(C[C@@H](NC(=O)N[C@H](C(=O)N2C[C@H](OC(=O)N3CCc4ccccc4C3)C[C@H]2C(=O)CC(CC2CC2)C(=O)C(N)=O)C(C)(C)C)C(C)(C)C)C(=O)C1. The van der Waals surface area contributed by atoms with Gasteiger partial charge in [0.1, 0.15) is 12.1 Å². The second kappa shape index (κ2) is 17.2. The Kier molecular flexibility index (Phi) is 13.1. The first kappa shape index (κ1) is 44.3. The van der Waals surface area contributed by atoms with Gasteiger partial charge in [0.15, 0.2) is 5.78 Å². The zero-order valence-electron chi connectivity index (χ0n) is 35.4. The lowest BCUT2D eigenvalue weighted by molar-refractivity contribution is -0.153. The van der Waals surface area contributed by atoms with Gasteiger partial charge in [0.25, 0.3) is 5.91 Å². The number of Topliss-reactive ketones (excluding diaryl/α,β-unsaturated/α-hetero) is 2. The number of piperidine rings is 1. The number of hydrogen-bond donors (Lipinski definition) is 3. The summed E-state index contributed by atoms with van der Waals surface area (Å²) in [5.41, 5.74) is 5.57. The van der Waals surface area contributed by atoms with Crippen LogP contribution in [-0.4, -0.2) is 106 Å². The second-order valence-electron chi connectivity index (χ2n) is 19.7. The molecule has 1 unspecified atom stereocenters. The molecule has 7 amide bonds. The number of fused-ring (bicyclic) bond motifs is 1. The van der Waals surface area contributed by atoms with Gasteiger partial charge in [-0.2, -0.15) is 0 Å². The molecule has 3 aliphatic heterocycles. The van der Waals surface area contributed by atoms with E-state index in [9.17, 15) is 38.4 Å². The lowest BCUT2D eigenvalue weighted by Gasteiger charge is -2.40. The molecule has 318 valence electrons. The number of ether oxygens (including phenoxy) is 1. The quantitative estimate of drug-likeness (QED) is 0.195. The average Bonchev–Trinajstić information content (AvgIpc) is 3.84. The minimum Gasteiger partial charge on any atom is -0.444 e. The normalized spacial score (nSPS) is 22.4. The van der Waals surface area contributed by atoms with E-state index in [1.54, 1.807) is 25.7 Å². The molecule has 2 saturated heterocycles. The number of rotatable bonds is 13. The fourth-order valence-electron chi connectivity index (χ4n) is 8.20. The molecule has 4 N–H and O–H groups in total. The topological polar surface area (TPSA) is 206 Å². The predicted octanol–water partition coefficient (Wildman–Crippen LogP) is 3.88. The van der Waals surface area contributed by atoms with E-state index in [0.717, 1.165) is 24.0 Å². The highest BCUT2D eigenvalue weighted by molar-refractivity contribution is 6.36. The molecule has 0 radical (unpaired) electrons. The number of carbonyl (C=O) groups is 8. The Morgan fingerprint density at radius 3 is 2.10 bits per heavy atom. The van der Waals surface area contributed by atoms with Gasteiger partial charge >= 0.3 is 12.1 Å². The molecular weight excluding hydrogens is 745 g/mol. The summed E-state index contributed by atoms with van der Waals surface area (Å²) in [4.78, 5) is 111. The van der Waals surface area contributed by atoms with E-state index < -0.39 is 81.9 Å². The molecule has 15 heteroatoms. The summed E-state index contributed by atoms with van der Waals surface area (Å²) in [6, 6.07) is 4.13. The number of imide groups is 1. The maximum absolute atomic E-state index is 14.7. The molecule has 4 aliphatic rings. The maximum Gasteiger partial charge on any atom is 0.410 e. The van der Waals surface area contributed by atoms with Gasteiger partial charge in [-0.1, -0.05) is 92.5 Å². The van der Waals surface area contributed by atoms with Gasteiger partial charge in [0, 0.05) is 51.2 Å². The van der Waals surface area contributed by atoms with Crippen LogP contribution in [0.15, 0.2) is 24.3 Å². The van der Waals surface area contributed by atoms with Crippen molar-refractivity contribution in [3.8, 4) is 0 Å². The first-order valence-electron chi connectivity index (χ1n) is 20.5. The zero-order chi connectivity index (χ0) is 42.9. The highest BCUT2D eigenvalue weighted by Crippen LogP contribution is 2.38. The molecule has 3 heterocycles. The third-order valence-corrected chi connectivity index (χ3v) is 11.9. The zero-order valence-corrected chi connectivity index (χ0v) is 35.4. The molecule has 1 aromatic carbocycles. The van der Waals surface area contributed by atoms with E-state index >= 15 is 0 Å². The molecule has 0 aromatic heterocycles. The molecule has 3 fully saturated rings. The largest absolute Gasteiger partial charge is 0.444 e. The van der Waals surface area contributed by atoms with Crippen LogP contribution in [0.2, 0.25) is 0 Å². The van der Waals surface area contributed by atoms with Gasteiger partial charge in [0.05, 0.1) is 18.6 Å². The molecule has 0 spiro atoms.